The molecule has 3 N–H and O–H groups in total. The van der Waals surface area contributed by atoms with Crippen LogP contribution in [0.2, 0.25) is 0 Å². The zero-order valence-corrected chi connectivity index (χ0v) is 16.8. The van der Waals surface area contributed by atoms with Crippen LogP contribution in [-0.4, -0.2) is 36.0 Å². The Morgan fingerprint density at radius 1 is 1.14 bits per heavy atom. The van der Waals surface area contributed by atoms with Gasteiger partial charge in [0.15, 0.2) is 0 Å². The van der Waals surface area contributed by atoms with E-state index in [0.29, 0.717) is 23.1 Å². The third kappa shape index (κ3) is 4.10. The maximum absolute atomic E-state index is 12.9. The molecule has 1 amide bonds. The third-order valence-electron chi connectivity index (χ3n) is 6.56. The van der Waals surface area contributed by atoms with Gasteiger partial charge in [0.05, 0.1) is 4.92 Å². The number of hydrogen-bond donors (Lipinski definition) is 2. The van der Waals surface area contributed by atoms with Crippen molar-refractivity contribution in [3.63, 3.8) is 0 Å². The Balaban J connectivity index is 0.00000225. The van der Waals surface area contributed by atoms with Gasteiger partial charge in [-0.1, -0.05) is 6.42 Å². The molecule has 2 atom stereocenters. The second-order valence-corrected chi connectivity index (χ2v) is 8.34. The van der Waals surface area contributed by atoms with Gasteiger partial charge in [-0.15, -0.1) is 12.4 Å². The molecule has 2 unspecified atom stereocenters. The van der Waals surface area contributed by atoms with E-state index < -0.39 is 0 Å². The lowest BCUT2D eigenvalue weighted by molar-refractivity contribution is -0.384. The number of nitro benzene ring substituents is 1. The number of benzene rings is 1. The molecule has 3 fully saturated rings. The van der Waals surface area contributed by atoms with E-state index in [1.807, 2.05) is 4.90 Å². The number of nitrogens with zero attached hydrogens (tertiary/aromatic N) is 2. The van der Waals surface area contributed by atoms with Crippen molar-refractivity contribution in [1.82, 2.24) is 5.32 Å². The van der Waals surface area contributed by atoms with Gasteiger partial charge in [0.2, 0.25) is 0 Å². The number of fused-ring (bicyclic) bond motifs is 2. The van der Waals surface area contributed by atoms with Gasteiger partial charge in [-0.25, -0.2) is 0 Å². The van der Waals surface area contributed by atoms with Crippen LogP contribution in [-0.2, 0) is 0 Å². The van der Waals surface area contributed by atoms with E-state index in [0.717, 1.165) is 51.6 Å². The van der Waals surface area contributed by atoms with Crippen molar-refractivity contribution < 1.29 is 9.72 Å². The quantitative estimate of drug-likeness (QED) is 0.588. The molecular weight excluding hydrogens is 380 g/mol. The fraction of sp³-hybridized carbons (Fsp3) is 0.650. The summed E-state index contributed by atoms with van der Waals surface area (Å²) in [5.41, 5.74) is 7.18. The van der Waals surface area contributed by atoms with Gasteiger partial charge >= 0.3 is 0 Å². The number of nitro groups is 1. The topological polar surface area (TPSA) is 102 Å². The summed E-state index contributed by atoms with van der Waals surface area (Å²) in [6.07, 6.45) is 7.40. The molecule has 1 aromatic rings. The van der Waals surface area contributed by atoms with E-state index in [-0.39, 0.29) is 41.0 Å². The fourth-order valence-corrected chi connectivity index (χ4v) is 5.30. The van der Waals surface area contributed by atoms with Crippen molar-refractivity contribution in [3.8, 4) is 0 Å². The van der Waals surface area contributed by atoms with E-state index >= 15 is 0 Å². The van der Waals surface area contributed by atoms with Crippen molar-refractivity contribution in [2.24, 2.45) is 17.6 Å². The minimum Gasteiger partial charge on any atom is -0.366 e. The van der Waals surface area contributed by atoms with Gasteiger partial charge in [-0.05, 0) is 62.5 Å². The normalized spacial score (nSPS) is 29.1. The standard InChI is InChI=1S/C20H28N4O3.ClH/c21-16-10-13-4-3-5-14(11-16)19(13)22-20(25)15-6-7-17(18(12-15)24(26)27)23-8-1-2-9-23;/h6-7,12-14,16,19H,1-5,8-11,21H2,(H,22,25);1H. The maximum atomic E-state index is 12.9. The second kappa shape index (κ2) is 8.66. The molecule has 8 heteroatoms. The zero-order chi connectivity index (χ0) is 19.0. The zero-order valence-electron chi connectivity index (χ0n) is 16.0. The molecule has 7 nitrogen and oxygen atoms in total. The van der Waals surface area contributed by atoms with Crippen LogP contribution in [0.5, 0.6) is 0 Å². The summed E-state index contributed by atoms with van der Waals surface area (Å²) in [4.78, 5) is 26.1. The van der Waals surface area contributed by atoms with Crippen molar-refractivity contribution in [3.05, 3.63) is 33.9 Å². The number of carbonyl (C=O) groups excluding carboxylic acids is 1. The average molecular weight is 409 g/mol. The predicted octanol–water partition coefficient (Wildman–Crippen LogP) is 3.25. The summed E-state index contributed by atoms with van der Waals surface area (Å²) in [5, 5.41) is 14.8. The lowest BCUT2D eigenvalue weighted by Gasteiger charge is -2.45. The highest BCUT2D eigenvalue weighted by Gasteiger charge is 2.40. The van der Waals surface area contributed by atoms with Gasteiger partial charge in [0.25, 0.3) is 11.6 Å². The van der Waals surface area contributed by atoms with Crippen LogP contribution in [0.25, 0.3) is 0 Å². The molecule has 154 valence electrons. The molecule has 2 saturated carbocycles. The molecule has 3 aliphatic rings. The summed E-state index contributed by atoms with van der Waals surface area (Å²) in [6, 6.07) is 5.27. The number of nitrogens with one attached hydrogen (secondary N) is 1. The molecule has 1 saturated heterocycles. The number of hydrogen-bond acceptors (Lipinski definition) is 5. The van der Waals surface area contributed by atoms with E-state index in [1.54, 1.807) is 12.1 Å². The molecule has 1 aromatic carbocycles. The molecule has 2 bridgehead atoms. The van der Waals surface area contributed by atoms with Crippen LogP contribution in [0, 0.1) is 22.0 Å². The molecule has 2 aliphatic carbocycles. The predicted molar refractivity (Wildman–Crippen MR) is 111 cm³/mol. The van der Waals surface area contributed by atoms with E-state index in [4.69, 9.17) is 5.73 Å². The third-order valence-corrected chi connectivity index (χ3v) is 6.56. The van der Waals surface area contributed by atoms with Crippen LogP contribution < -0.4 is 16.0 Å². The van der Waals surface area contributed by atoms with Crippen molar-refractivity contribution in [2.75, 3.05) is 18.0 Å². The Morgan fingerprint density at radius 2 is 1.79 bits per heavy atom. The summed E-state index contributed by atoms with van der Waals surface area (Å²) in [7, 11) is 0. The highest BCUT2D eigenvalue weighted by molar-refractivity contribution is 5.96. The van der Waals surface area contributed by atoms with Gasteiger partial charge < -0.3 is 16.0 Å². The second-order valence-electron chi connectivity index (χ2n) is 8.34. The lowest BCUT2D eigenvalue weighted by atomic mass is 9.67. The maximum Gasteiger partial charge on any atom is 0.293 e. The average Bonchev–Trinajstić information content (AvgIpc) is 3.16. The molecule has 1 aliphatic heterocycles. The first-order valence-corrected chi connectivity index (χ1v) is 10.1. The fourth-order valence-electron chi connectivity index (χ4n) is 5.30. The molecule has 0 spiro atoms. The highest BCUT2D eigenvalue weighted by atomic mass is 35.5. The van der Waals surface area contributed by atoms with Crippen LogP contribution in [0.3, 0.4) is 0 Å². The Morgan fingerprint density at radius 3 is 2.39 bits per heavy atom. The molecule has 4 rings (SSSR count). The molecular formula is C20H29ClN4O3. The van der Waals surface area contributed by atoms with Gasteiger partial charge in [0.1, 0.15) is 5.69 Å². The number of halogens is 1. The number of amides is 1. The largest absolute Gasteiger partial charge is 0.366 e. The molecule has 0 radical (unpaired) electrons. The smallest absolute Gasteiger partial charge is 0.293 e. The summed E-state index contributed by atoms with van der Waals surface area (Å²) < 4.78 is 0. The van der Waals surface area contributed by atoms with Crippen LogP contribution in [0.4, 0.5) is 11.4 Å². The highest BCUT2D eigenvalue weighted by Crippen LogP contribution is 2.40. The Labute approximate surface area is 171 Å². The number of nitrogens with two attached hydrogens (primary N) is 1. The van der Waals surface area contributed by atoms with Crippen molar-refractivity contribution in [1.29, 1.82) is 0 Å². The van der Waals surface area contributed by atoms with Crippen LogP contribution in [0.15, 0.2) is 18.2 Å². The SMILES string of the molecule is Cl.NC1CC2CCCC(C1)C2NC(=O)c1ccc(N2CCCC2)c([N+](=O)[O-])c1. The van der Waals surface area contributed by atoms with E-state index in [2.05, 4.69) is 5.32 Å². The van der Waals surface area contributed by atoms with Crippen molar-refractivity contribution in [2.45, 2.75) is 57.0 Å². The van der Waals surface area contributed by atoms with E-state index in [9.17, 15) is 14.9 Å². The molecule has 1 heterocycles. The minimum absolute atomic E-state index is 0. The summed E-state index contributed by atoms with van der Waals surface area (Å²) in [5.74, 6) is 0.647. The van der Waals surface area contributed by atoms with Gasteiger partial charge in [-0.2, -0.15) is 0 Å². The van der Waals surface area contributed by atoms with Crippen molar-refractivity contribution >= 4 is 29.7 Å². The Kier molecular flexibility index (Phi) is 6.45. The molecule has 0 aromatic heterocycles. The summed E-state index contributed by atoms with van der Waals surface area (Å²) in [6.45, 7) is 1.66. The van der Waals surface area contributed by atoms with Crippen LogP contribution >= 0.6 is 12.4 Å². The van der Waals surface area contributed by atoms with E-state index in [1.165, 1.54) is 12.5 Å². The van der Waals surface area contributed by atoms with Gasteiger partial charge in [-0.3, -0.25) is 14.9 Å². The molecule has 28 heavy (non-hydrogen) atoms. The first-order chi connectivity index (χ1) is 13.0. The van der Waals surface area contributed by atoms with Crippen LogP contribution in [0.1, 0.15) is 55.3 Å². The minimum atomic E-state index is -0.376. The Bertz CT molecular complexity index is 724. The van der Waals surface area contributed by atoms with Gasteiger partial charge in [0, 0.05) is 36.8 Å². The Hall–Kier alpha value is -1.86. The first-order valence-electron chi connectivity index (χ1n) is 10.1. The number of carbonyl (C=O) groups is 1. The number of anilines is 1. The lowest BCUT2D eigenvalue weighted by Crippen LogP contribution is -2.53. The monoisotopic (exact) mass is 408 g/mol. The summed E-state index contributed by atoms with van der Waals surface area (Å²) >= 11 is 0. The number of rotatable bonds is 4. The first kappa shape index (κ1) is 20.9.